The van der Waals surface area contributed by atoms with Crippen LogP contribution in [0.5, 0.6) is 0 Å². The zero-order chi connectivity index (χ0) is 17.5. The number of nitrogens with zero attached hydrogens (tertiary/aromatic N) is 2. The van der Waals surface area contributed by atoms with Gasteiger partial charge in [0, 0.05) is 12.3 Å². The lowest BCUT2D eigenvalue weighted by molar-refractivity contribution is -0.112. The summed E-state index contributed by atoms with van der Waals surface area (Å²) < 4.78 is 9.52. The van der Waals surface area contributed by atoms with Gasteiger partial charge in [-0.1, -0.05) is 17.3 Å². The van der Waals surface area contributed by atoms with Gasteiger partial charge in [0.15, 0.2) is 5.82 Å². The molecule has 8 nitrogen and oxygen atoms in total. The van der Waals surface area contributed by atoms with Crippen LogP contribution in [-0.4, -0.2) is 24.1 Å². The van der Waals surface area contributed by atoms with Crippen LogP contribution in [0.3, 0.4) is 0 Å². The van der Waals surface area contributed by atoms with Gasteiger partial charge in [-0.25, -0.2) is 4.79 Å². The van der Waals surface area contributed by atoms with E-state index < -0.39 is 11.9 Å². The van der Waals surface area contributed by atoms with Gasteiger partial charge in [0.25, 0.3) is 5.91 Å². The molecule has 0 saturated carbocycles. The van der Waals surface area contributed by atoms with Crippen LogP contribution in [0.15, 0.2) is 46.6 Å². The first-order valence-electron chi connectivity index (χ1n) is 6.84. The zero-order valence-corrected chi connectivity index (χ0v) is 13.0. The second-order valence-corrected chi connectivity index (χ2v) is 4.63. The van der Waals surface area contributed by atoms with Crippen molar-refractivity contribution in [3.8, 4) is 6.07 Å². The number of amides is 1. The topological polar surface area (TPSA) is 117 Å². The Balaban J connectivity index is 2.15. The Bertz CT molecular complexity index is 833. The number of para-hydroxylation sites is 1. The molecule has 0 aliphatic rings. The molecule has 1 amide bonds. The number of nitriles is 1. The van der Waals surface area contributed by atoms with Crippen LogP contribution in [0.4, 0.5) is 11.5 Å². The summed E-state index contributed by atoms with van der Waals surface area (Å²) in [6, 6.07) is 9.71. The summed E-state index contributed by atoms with van der Waals surface area (Å²) in [6.45, 7) is 1.71. The molecule has 2 N–H and O–H groups in total. The third-order valence-corrected chi connectivity index (χ3v) is 2.94. The standard InChI is InChI=1S/C16H14N4O4/c1-10-7-14(20-24-10)18-9-11(8-17)15(21)19-13-6-4-3-5-12(13)16(22)23-2/h3-7,9H,1-2H3,(H,18,20)(H,19,21)/b11-9-. The highest BCUT2D eigenvalue weighted by atomic mass is 16.5. The molecule has 0 unspecified atom stereocenters. The van der Waals surface area contributed by atoms with Crippen molar-refractivity contribution in [2.45, 2.75) is 6.92 Å². The molecule has 0 aliphatic heterocycles. The molecular formula is C16H14N4O4. The van der Waals surface area contributed by atoms with Crippen molar-refractivity contribution in [3.63, 3.8) is 0 Å². The van der Waals surface area contributed by atoms with Crippen LogP contribution in [0.2, 0.25) is 0 Å². The summed E-state index contributed by atoms with van der Waals surface area (Å²) in [7, 11) is 1.24. The molecule has 0 spiro atoms. The molecule has 8 heteroatoms. The van der Waals surface area contributed by atoms with E-state index in [1.54, 1.807) is 31.2 Å². The average Bonchev–Trinajstić information content (AvgIpc) is 3.00. The molecule has 2 rings (SSSR count). The number of hydrogen-bond donors (Lipinski definition) is 2. The Morgan fingerprint density at radius 2 is 2.12 bits per heavy atom. The molecule has 2 aromatic rings. The van der Waals surface area contributed by atoms with E-state index in [0.29, 0.717) is 11.6 Å². The highest BCUT2D eigenvalue weighted by Crippen LogP contribution is 2.17. The predicted molar refractivity (Wildman–Crippen MR) is 85.0 cm³/mol. The summed E-state index contributed by atoms with van der Waals surface area (Å²) >= 11 is 0. The molecule has 1 heterocycles. The number of ether oxygens (including phenoxy) is 1. The maximum Gasteiger partial charge on any atom is 0.339 e. The molecule has 1 aromatic heterocycles. The SMILES string of the molecule is COC(=O)c1ccccc1NC(=O)/C(C#N)=C\Nc1cc(C)on1. The van der Waals surface area contributed by atoms with Gasteiger partial charge >= 0.3 is 5.97 Å². The second kappa shape index (κ2) is 7.60. The highest BCUT2D eigenvalue weighted by Gasteiger charge is 2.15. The molecule has 0 aliphatic carbocycles. The lowest BCUT2D eigenvalue weighted by atomic mass is 10.1. The quantitative estimate of drug-likeness (QED) is 0.491. The van der Waals surface area contributed by atoms with Crippen molar-refractivity contribution in [3.05, 3.63) is 53.4 Å². The number of rotatable bonds is 5. The molecule has 0 radical (unpaired) electrons. The minimum Gasteiger partial charge on any atom is -0.465 e. The molecule has 0 bridgehead atoms. The number of aromatic nitrogens is 1. The zero-order valence-electron chi connectivity index (χ0n) is 13.0. The van der Waals surface area contributed by atoms with Crippen LogP contribution in [0, 0.1) is 18.3 Å². The van der Waals surface area contributed by atoms with Gasteiger partial charge in [-0.3, -0.25) is 4.79 Å². The number of carbonyl (C=O) groups is 2. The maximum atomic E-state index is 12.2. The number of hydrogen-bond acceptors (Lipinski definition) is 7. The molecule has 1 aromatic carbocycles. The van der Waals surface area contributed by atoms with Crippen LogP contribution >= 0.6 is 0 Å². The van der Waals surface area contributed by atoms with E-state index in [9.17, 15) is 9.59 Å². The largest absolute Gasteiger partial charge is 0.465 e. The number of nitrogens with one attached hydrogen (secondary N) is 2. The van der Waals surface area contributed by atoms with E-state index in [0.717, 1.165) is 0 Å². The van der Waals surface area contributed by atoms with Crippen molar-refractivity contribution in [2.75, 3.05) is 17.7 Å². The Kier molecular flexibility index (Phi) is 5.31. The van der Waals surface area contributed by atoms with E-state index >= 15 is 0 Å². The summed E-state index contributed by atoms with van der Waals surface area (Å²) in [6.07, 6.45) is 1.20. The molecule has 122 valence electrons. The number of anilines is 2. The van der Waals surface area contributed by atoms with E-state index in [1.807, 2.05) is 0 Å². The van der Waals surface area contributed by atoms with E-state index in [4.69, 9.17) is 9.78 Å². The first-order chi connectivity index (χ1) is 11.5. The lowest BCUT2D eigenvalue weighted by Crippen LogP contribution is -2.17. The third kappa shape index (κ3) is 3.98. The Labute approximate surface area is 137 Å². The van der Waals surface area contributed by atoms with E-state index in [1.165, 1.54) is 25.4 Å². The van der Waals surface area contributed by atoms with E-state index in [-0.39, 0.29) is 16.8 Å². The van der Waals surface area contributed by atoms with Gasteiger partial charge in [0.1, 0.15) is 17.4 Å². The van der Waals surface area contributed by atoms with Crippen molar-refractivity contribution in [1.29, 1.82) is 5.26 Å². The molecular weight excluding hydrogens is 312 g/mol. The number of benzene rings is 1. The molecule has 24 heavy (non-hydrogen) atoms. The van der Waals surface area contributed by atoms with Crippen molar-refractivity contribution in [1.82, 2.24) is 5.16 Å². The fourth-order valence-electron chi connectivity index (χ4n) is 1.80. The molecule has 0 saturated heterocycles. The van der Waals surface area contributed by atoms with Gasteiger partial charge in [-0.05, 0) is 19.1 Å². The smallest absolute Gasteiger partial charge is 0.339 e. The number of methoxy groups -OCH3 is 1. The van der Waals surface area contributed by atoms with Crippen molar-refractivity contribution < 1.29 is 18.8 Å². The fraction of sp³-hybridized carbons (Fsp3) is 0.125. The van der Waals surface area contributed by atoms with E-state index in [2.05, 4.69) is 20.5 Å². The maximum absolute atomic E-state index is 12.2. The van der Waals surface area contributed by atoms with Crippen LogP contribution < -0.4 is 10.6 Å². The monoisotopic (exact) mass is 326 g/mol. The van der Waals surface area contributed by atoms with Gasteiger partial charge in [-0.2, -0.15) is 5.26 Å². The summed E-state index contributed by atoms with van der Waals surface area (Å²) in [5.74, 6) is -0.324. The number of esters is 1. The Hall–Kier alpha value is -3.60. The van der Waals surface area contributed by atoms with Crippen LogP contribution in [-0.2, 0) is 9.53 Å². The summed E-state index contributed by atoms with van der Waals surface area (Å²) in [5.41, 5.74) is 0.230. The number of carbonyl (C=O) groups excluding carboxylic acids is 2. The first-order valence-corrected chi connectivity index (χ1v) is 6.84. The van der Waals surface area contributed by atoms with Gasteiger partial charge in [-0.15, -0.1) is 0 Å². The minimum atomic E-state index is -0.679. The normalized spacial score (nSPS) is 10.6. The van der Waals surface area contributed by atoms with Gasteiger partial charge in [0.05, 0.1) is 18.4 Å². The predicted octanol–water partition coefficient (Wildman–Crippen LogP) is 2.23. The Morgan fingerprint density at radius 3 is 2.75 bits per heavy atom. The van der Waals surface area contributed by atoms with Gasteiger partial charge < -0.3 is 19.9 Å². The lowest BCUT2D eigenvalue weighted by Gasteiger charge is -2.09. The summed E-state index contributed by atoms with van der Waals surface area (Å²) in [4.78, 5) is 23.9. The first kappa shape index (κ1) is 16.8. The van der Waals surface area contributed by atoms with Crippen molar-refractivity contribution >= 4 is 23.4 Å². The van der Waals surface area contributed by atoms with Gasteiger partial charge in [0.2, 0.25) is 0 Å². The molecule has 0 fully saturated rings. The average molecular weight is 326 g/mol. The van der Waals surface area contributed by atoms with Crippen molar-refractivity contribution in [2.24, 2.45) is 0 Å². The second-order valence-electron chi connectivity index (χ2n) is 4.63. The molecule has 0 atom stereocenters. The summed E-state index contributed by atoms with van der Waals surface area (Å²) in [5, 5.41) is 18.0. The third-order valence-electron chi connectivity index (χ3n) is 2.94. The van der Waals surface area contributed by atoms with Crippen LogP contribution in [0.25, 0.3) is 0 Å². The van der Waals surface area contributed by atoms with Crippen LogP contribution in [0.1, 0.15) is 16.1 Å². The fourth-order valence-corrected chi connectivity index (χ4v) is 1.80. The Morgan fingerprint density at radius 1 is 1.38 bits per heavy atom. The minimum absolute atomic E-state index is 0.186. The number of aryl methyl sites for hydroxylation is 1. The highest BCUT2D eigenvalue weighted by molar-refractivity contribution is 6.09.